The van der Waals surface area contributed by atoms with E-state index in [9.17, 15) is 0 Å². The number of aliphatic hydroxyl groups excluding tert-OH is 1. The van der Waals surface area contributed by atoms with Crippen LogP contribution in [0.15, 0.2) is 0 Å². The zero-order chi connectivity index (χ0) is 5.44. The molecule has 0 aliphatic heterocycles. The van der Waals surface area contributed by atoms with Crippen molar-refractivity contribution >= 4 is 0 Å². The largest absolute Gasteiger partial charge is 0.393 e. The molecule has 1 saturated carbocycles. The number of aliphatic hydroxyl groups is 1. The van der Waals surface area contributed by atoms with Crippen molar-refractivity contribution in [3.05, 3.63) is 6.42 Å². The molecule has 3 unspecified atom stereocenters. The van der Waals surface area contributed by atoms with Gasteiger partial charge in [-0.2, -0.15) is 0 Å². The third-order valence-corrected chi connectivity index (χ3v) is 1.87. The molecule has 1 fully saturated rings. The Morgan fingerprint density at radius 1 is 1.43 bits per heavy atom. The molecule has 0 bridgehead atoms. The fraction of sp³-hybridized carbons (Fsp3) is 0.833. The first kappa shape index (κ1) is 5.10. The maximum absolute atomic E-state index is 8.83. The molecule has 3 atom stereocenters. The van der Waals surface area contributed by atoms with Gasteiger partial charge in [0, 0.05) is 0 Å². The van der Waals surface area contributed by atoms with Gasteiger partial charge in [0.2, 0.25) is 0 Å². The summed E-state index contributed by atoms with van der Waals surface area (Å²) in [5, 5.41) is 8.83. The Morgan fingerprint density at radius 2 is 2.00 bits per heavy atom. The lowest BCUT2D eigenvalue weighted by molar-refractivity contribution is 0.0484. The van der Waals surface area contributed by atoms with E-state index in [4.69, 9.17) is 5.11 Å². The first-order chi connectivity index (χ1) is 3.22. The normalized spacial score (nSPS) is 51.0. The van der Waals surface area contributed by atoms with Crippen molar-refractivity contribution in [3.63, 3.8) is 0 Å². The van der Waals surface area contributed by atoms with E-state index in [0.29, 0.717) is 11.8 Å². The minimum absolute atomic E-state index is 0.116. The number of rotatable bonds is 0. The SMILES string of the molecule is CC1[CH]C(O)C1C. The second-order valence-corrected chi connectivity index (χ2v) is 2.40. The summed E-state index contributed by atoms with van der Waals surface area (Å²) in [6, 6.07) is 0. The lowest BCUT2D eigenvalue weighted by atomic mass is 9.74. The first-order valence-corrected chi connectivity index (χ1v) is 2.75. The molecule has 0 amide bonds. The summed E-state index contributed by atoms with van der Waals surface area (Å²) in [5.74, 6) is 1.13. The van der Waals surface area contributed by atoms with Gasteiger partial charge in [0.05, 0.1) is 6.10 Å². The van der Waals surface area contributed by atoms with Crippen LogP contribution in [0.3, 0.4) is 0 Å². The van der Waals surface area contributed by atoms with Crippen LogP contribution in [-0.2, 0) is 0 Å². The molecule has 0 saturated heterocycles. The lowest BCUT2D eigenvalue weighted by Gasteiger charge is -2.36. The van der Waals surface area contributed by atoms with Crippen LogP contribution in [0.2, 0.25) is 0 Å². The second-order valence-electron chi connectivity index (χ2n) is 2.40. The molecule has 1 aliphatic carbocycles. The van der Waals surface area contributed by atoms with Gasteiger partial charge >= 0.3 is 0 Å². The summed E-state index contributed by atoms with van der Waals surface area (Å²) in [4.78, 5) is 0. The van der Waals surface area contributed by atoms with Crippen LogP contribution in [0.1, 0.15) is 13.8 Å². The summed E-state index contributed by atoms with van der Waals surface area (Å²) in [7, 11) is 0. The average Bonchev–Trinajstić information content (AvgIpc) is 1.68. The summed E-state index contributed by atoms with van der Waals surface area (Å²) in [5.41, 5.74) is 0. The number of hydrogen-bond acceptors (Lipinski definition) is 1. The van der Waals surface area contributed by atoms with E-state index in [1.807, 2.05) is 6.42 Å². The highest BCUT2D eigenvalue weighted by Crippen LogP contribution is 2.31. The van der Waals surface area contributed by atoms with Gasteiger partial charge in [0.25, 0.3) is 0 Å². The minimum Gasteiger partial charge on any atom is -0.393 e. The second kappa shape index (κ2) is 1.48. The van der Waals surface area contributed by atoms with Crippen LogP contribution >= 0.6 is 0 Å². The fourth-order valence-electron chi connectivity index (χ4n) is 0.827. The van der Waals surface area contributed by atoms with Gasteiger partial charge in [0.15, 0.2) is 0 Å². The monoisotopic (exact) mass is 99.1 g/mol. The molecule has 1 radical (unpaired) electrons. The average molecular weight is 99.2 g/mol. The summed E-state index contributed by atoms with van der Waals surface area (Å²) < 4.78 is 0. The molecule has 1 rings (SSSR count). The van der Waals surface area contributed by atoms with Crippen LogP contribution < -0.4 is 0 Å². The summed E-state index contributed by atoms with van der Waals surface area (Å²) in [6.07, 6.45) is 1.85. The summed E-state index contributed by atoms with van der Waals surface area (Å²) >= 11 is 0. The first-order valence-electron chi connectivity index (χ1n) is 2.75. The van der Waals surface area contributed by atoms with E-state index in [1.54, 1.807) is 0 Å². The van der Waals surface area contributed by atoms with E-state index in [1.165, 1.54) is 0 Å². The molecular weight excluding hydrogens is 88.1 g/mol. The number of hydrogen-bond donors (Lipinski definition) is 1. The van der Waals surface area contributed by atoms with Crippen molar-refractivity contribution in [1.29, 1.82) is 0 Å². The Morgan fingerprint density at radius 3 is 2.00 bits per heavy atom. The third-order valence-electron chi connectivity index (χ3n) is 1.87. The van der Waals surface area contributed by atoms with Gasteiger partial charge in [-0.3, -0.25) is 0 Å². The highest BCUT2D eigenvalue weighted by atomic mass is 16.3. The van der Waals surface area contributed by atoms with E-state index in [2.05, 4.69) is 13.8 Å². The van der Waals surface area contributed by atoms with Crippen LogP contribution in [0.25, 0.3) is 0 Å². The van der Waals surface area contributed by atoms with Crippen molar-refractivity contribution in [2.75, 3.05) is 0 Å². The maximum Gasteiger partial charge on any atom is 0.0602 e. The predicted molar refractivity (Wildman–Crippen MR) is 28.6 cm³/mol. The van der Waals surface area contributed by atoms with E-state index in [-0.39, 0.29) is 6.10 Å². The highest BCUT2D eigenvalue weighted by Gasteiger charge is 2.32. The standard InChI is InChI=1S/C6H11O/c1-4-3-6(7)5(4)2/h3-7H,1-2H3. The smallest absolute Gasteiger partial charge is 0.0602 e. The van der Waals surface area contributed by atoms with Crippen molar-refractivity contribution < 1.29 is 5.11 Å². The Hall–Kier alpha value is -0.0400. The van der Waals surface area contributed by atoms with Crippen LogP contribution in [0.4, 0.5) is 0 Å². The predicted octanol–water partition coefficient (Wildman–Crippen LogP) is 0.837. The van der Waals surface area contributed by atoms with Gasteiger partial charge in [-0.25, -0.2) is 0 Å². The Balaban J connectivity index is 2.29. The third kappa shape index (κ3) is 0.653. The van der Waals surface area contributed by atoms with Gasteiger partial charge in [-0.15, -0.1) is 0 Å². The van der Waals surface area contributed by atoms with Gasteiger partial charge in [-0.1, -0.05) is 13.8 Å². The maximum atomic E-state index is 8.83. The zero-order valence-corrected chi connectivity index (χ0v) is 4.76. The van der Waals surface area contributed by atoms with Crippen molar-refractivity contribution in [3.8, 4) is 0 Å². The molecule has 0 spiro atoms. The molecule has 1 heteroatoms. The molecule has 0 heterocycles. The van der Waals surface area contributed by atoms with Crippen molar-refractivity contribution in [1.82, 2.24) is 0 Å². The molecule has 1 aliphatic rings. The molecule has 0 aromatic heterocycles. The van der Waals surface area contributed by atoms with Gasteiger partial charge in [0.1, 0.15) is 0 Å². The van der Waals surface area contributed by atoms with Crippen LogP contribution in [0, 0.1) is 18.3 Å². The lowest BCUT2D eigenvalue weighted by Crippen LogP contribution is -2.37. The Kier molecular flexibility index (Phi) is 1.08. The van der Waals surface area contributed by atoms with Crippen molar-refractivity contribution in [2.45, 2.75) is 20.0 Å². The quantitative estimate of drug-likeness (QED) is 0.477. The van der Waals surface area contributed by atoms with Crippen LogP contribution in [-0.4, -0.2) is 11.2 Å². The molecular formula is C6H11O. The Bertz CT molecular complexity index is 62.6. The highest BCUT2D eigenvalue weighted by molar-refractivity contribution is 4.99. The zero-order valence-electron chi connectivity index (χ0n) is 4.76. The summed E-state index contributed by atoms with van der Waals surface area (Å²) in [6.45, 7) is 4.19. The van der Waals surface area contributed by atoms with Crippen molar-refractivity contribution in [2.24, 2.45) is 11.8 Å². The Labute approximate surface area is 44.4 Å². The van der Waals surface area contributed by atoms with Gasteiger partial charge < -0.3 is 5.11 Å². The molecule has 7 heavy (non-hydrogen) atoms. The van der Waals surface area contributed by atoms with E-state index >= 15 is 0 Å². The topological polar surface area (TPSA) is 20.2 Å². The fourth-order valence-corrected chi connectivity index (χ4v) is 0.827. The van der Waals surface area contributed by atoms with Gasteiger partial charge in [-0.05, 0) is 18.3 Å². The molecule has 0 aromatic carbocycles. The van der Waals surface area contributed by atoms with Crippen LogP contribution in [0.5, 0.6) is 0 Å². The molecule has 1 nitrogen and oxygen atoms in total. The molecule has 41 valence electrons. The van der Waals surface area contributed by atoms with E-state index < -0.39 is 0 Å². The molecule has 1 N–H and O–H groups in total. The minimum atomic E-state index is -0.116. The van der Waals surface area contributed by atoms with E-state index in [0.717, 1.165) is 0 Å². The molecule has 0 aromatic rings.